The number of carbonyl (C=O) groups is 4. The molecule has 1 fully saturated rings. The Kier molecular flexibility index (Phi) is 8.29. The SMILES string of the molecule is CCc1nnc(SCC2=C(C(=O)O)N3C(=O)C(NC(=O)Cc4ccccc4NC(=O)n4c(=O)[nH]c5ccccc54)[C@H]3SC2)s1. The number of carbonyl (C=O) groups excluding carboxylic acids is 3. The number of aliphatic carboxylic acids is 1. The molecular weight excluding hydrogens is 627 g/mol. The van der Waals surface area contributed by atoms with E-state index >= 15 is 0 Å². The largest absolute Gasteiger partial charge is 0.477 e. The van der Waals surface area contributed by atoms with Crippen LogP contribution in [0.15, 0.2) is 68.9 Å². The van der Waals surface area contributed by atoms with Crippen molar-refractivity contribution in [2.75, 3.05) is 16.8 Å². The van der Waals surface area contributed by atoms with Crippen molar-refractivity contribution < 1.29 is 24.3 Å². The smallest absolute Gasteiger partial charge is 0.352 e. The van der Waals surface area contributed by atoms with Gasteiger partial charge >= 0.3 is 17.7 Å². The van der Waals surface area contributed by atoms with Crippen molar-refractivity contribution in [3.8, 4) is 0 Å². The van der Waals surface area contributed by atoms with Gasteiger partial charge in [-0.1, -0.05) is 60.4 Å². The molecule has 16 heteroatoms. The second-order valence-electron chi connectivity index (χ2n) is 9.86. The quantitative estimate of drug-likeness (QED) is 0.155. The third-order valence-electron chi connectivity index (χ3n) is 7.09. The lowest BCUT2D eigenvalue weighted by Crippen LogP contribution is -2.70. The summed E-state index contributed by atoms with van der Waals surface area (Å²) in [6, 6.07) is 11.9. The summed E-state index contributed by atoms with van der Waals surface area (Å²) in [4.78, 5) is 67.8. The van der Waals surface area contributed by atoms with Crippen LogP contribution in [0.3, 0.4) is 0 Å². The maximum atomic E-state index is 13.1. The summed E-state index contributed by atoms with van der Waals surface area (Å²) in [5.41, 5.74) is 1.67. The Balaban J connectivity index is 1.12. The summed E-state index contributed by atoms with van der Waals surface area (Å²) >= 11 is 4.23. The van der Waals surface area contributed by atoms with Crippen LogP contribution in [0.25, 0.3) is 11.0 Å². The van der Waals surface area contributed by atoms with Crippen molar-refractivity contribution in [3.05, 3.63) is 80.9 Å². The van der Waals surface area contributed by atoms with E-state index in [1.807, 2.05) is 6.92 Å². The molecule has 0 saturated carbocycles. The predicted molar refractivity (Wildman–Crippen MR) is 167 cm³/mol. The van der Waals surface area contributed by atoms with Gasteiger partial charge in [-0.15, -0.1) is 22.0 Å². The van der Waals surface area contributed by atoms with E-state index in [-0.39, 0.29) is 12.1 Å². The Labute approximate surface area is 262 Å². The molecule has 2 aromatic heterocycles. The number of hydrogen-bond donors (Lipinski definition) is 4. The Morgan fingerprint density at radius 2 is 1.89 bits per heavy atom. The molecule has 1 unspecified atom stereocenters. The minimum absolute atomic E-state index is 0.0578. The maximum absolute atomic E-state index is 13.1. The summed E-state index contributed by atoms with van der Waals surface area (Å²) in [5.74, 6) is -1.43. The number of aromatic amines is 1. The highest BCUT2D eigenvalue weighted by molar-refractivity contribution is 8.01. The van der Waals surface area contributed by atoms with Crippen LogP contribution < -0.4 is 16.3 Å². The first kappa shape index (κ1) is 29.7. The molecule has 2 atom stereocenters. The van der Waals surface area contributed by atoms with Crippen LogP contribution in [0, 0.1) is 0 Å². The normalized spacial score (nSPS) is 17.8. The van der Waals surface area contributed by atoms with Gasteiger partial charge in [0.2, 0.25) is 5.91 Å². The summed E-state index contributed by atoms with van der Waals surface area (Å²) in [6.07, 6.45) is 0.603. The number of aromatic nitrogens is 4. The van der Waals surface area contributed by atoms with Gasteiger partial charge < -0.3 is 20.7 Å². The second-order valence-corrected chi connectivity index (χ2v) is 13.3. The van der Waals surface area contributed by atoms with Crippen LogP contribution >= 0.6 is 34.9 Å². The number of hydrogen-bond acceptors (Lipinski definition) is 10. The van der Waals surface area contributed by atoms with Crippen LogP contribution in [-0.4, -0.2) is 76.5 Å². The summed E-state index contributed by atoms with van der Waals surface area (Å²) in [6.45, 7) is 1.98. The van der Waals surface area contributed by atoms with Gasteiger partial charge in [0, 0.05) is 17.2 Å². The van der Waals surface area contributed by atoms with Crippen LogP contribution in [0.1, 0.15) is 17.5 Å². The molecule has 1 saturated heterocycles. The lowest BCUT2D eigenvalue weighted by atomic mass is 10.0. The number of thioether (sulfide) groups is 2. The average Bonchev–Trinajstić information content (AvgIpc) is 3.62. The topological polar surface area (TPSA) is 179 Å². The first-order valence-electron chi connectivity index (χ1n) is 13.5. The van der Waals surface area contributed by atoms with E-state index in [1.54, 1.807) is 48.5 Å². The monoisotopic (exact) mass is 651 g/mol. The third-order valence-corrected chi connectivity index (χ3v) is 10.7. The average molecular weight is 652 g/mol. The van der Waals surface area contributed by atoms with Crippen molar-refractivity contribution in [2.45, 2.75) is 35.5 Å². The van der Waals surface area contributed by atoms with Gasteiger partial charge in [0.25, 0.3) is 5.91 Å². The van der Waals surface area contributed by atoms with Gasteiger partial charge in [-0.25, -0.2) is 19.0 Å². The fourth-order valence-electron chi connectivity index (χ4n) is 5.00. The van der Waals surface area contributed by atoms with Gasteiger partial charge in [-0.2, -0.15) is 0 Å². The number of rotatable bonds is 9. The number of para-hydroxylation sites is 3. The zero-order valence-corrected chi connectivity index (χ0v) is 25.6. The molecule has 226 valence electrons. The van der Waals surface area contributed by atoms with Crippen molar-refractivity contribution in [1.29, 1.82) is 0 Å². The highest BCUT2D eigenvalue weighted by Gasteiger charge is 2.54. The van der Waals surface area contributed by atoms with Gasteiger partial charge in [0.05, 0.1) is 17.5 Å². The van der Waals surface area contributed by atoms with Gasteiger partial charge in [-0.3, -0.25) is 14.5 Å². The van der Waals surface area contributed by atoms with Crippen molar-refractivity contribution in [2.24, 2.45) is 0 Å². The second kappa shape index (κ2) is 12.3. The van der Waals surface area contributed by atoms with E-state index < -0.39 is 40.9 Å². The lowest BCUT2D eigenvalue weighted by Gasteiger charge is -2.49. The molecule has 4 aromatic rings. The van der Waals surface area contributed by atoms with E-state index in [0.29, 0.717) is 39.4 Å². The molecule has 0 bridgehead atoms. The van der Waals surface area contributed by atoms with Crippen LogP contribution in [0.4, 0.5) is 10.5 Å². The molecule has 3 amide bonds. The number of aryl methyl sites for hydroxylation is 1. The molecule has 6 rings (SSSR count). The zero-order chi connectivity index (χ0) is 31.0. The molecule has 2 aromatic carbocycles. The molecule has 4 N–H and O–H groups in total. The Morgan fingerprint density at radius 1 is 1.11 bits per heavy atom. The molecular formula is C28H25N7O6S3. The number of imidazole rings is 1. The van der Waals surface area contributed by atoms with E-state index in [2.05, 4.69) is 25.8 Å². The van der Waals surface area contributed by atoms with Crippen LogP contribution in [-0.2, 0) is 27.2 Å². The molecule has 0 spiro atoms. The highest BCUT2D eigenvalue weighted by Crippen LogP contribution is 2.42. The molecule has 2 aliphatic heterocycles. The number of β-lactam (4-membered cyclic amide) rings is 1. The van der Waals surface area contributed by atoms with Crippen molar-refractivity contribution >= 4 is 75.4 Å². The van der Waals surface area contributed by atoms with Crippen LogP contribution in [0.5, 0.6) is 0 Å². The minimum Gasteiger partial charge on any atom is -0.477 e. The van der Waals surface area contributed by atoms with Gasteiger partial charge in [-0.05, 0) is 35.8 Å². The van der Waals surface area contributed by atoms with Crippen molar-refractivity contribution in [1.82, 2.24) is 30.0 Å². The summed E-state index contributed by atoms with van der Waals surface area (Å²) in [7, 11) is 0. The number of nitrogens with one attached hydrogen (secondary N) is 3. The highest BCUT2D eigenvalue weighted by atomic mass is 32.2. The predicted octanol–water partition coefficient (Wildman–Crippen LogP) is 2.90. The number of fused-ring (bicyclic) bond motifs is 2. The van der Waals surface area contributed by atoms with Crippen LogP contribution in [0.2, 0.25) is 0 Å². The number of amides is 3. The molecule has 44 heavy (non-hydrogen) atoms. The number of anilines is 1. The van der Waals surface area contributed by atoms with E-state index in [4.69, 9.17) is 0 Å². The summed E-state index contributed by atoms with van der Waals surface area (Å²) in [5, 5.41) is 23.9. The van der Waals surface area contributed by atoms with E-state index in [0.717, 1.165) is 20.3 Å². The number of nitrogens with zero attached hydrogens (tertiary/aromatic N) is 4. The number of H-pyrrole nitrogens is 1. The van der Waals surface area contributed by atoms with E-state index in [1.165, 1.54) is 39.8 Å². The Hall–Kier alpha value is -4.41. The minimum atomic E-state index is -1.20. The number of carboxylic acids is 1. The first-order valence-corrected chi connectivity index (χ1v) is 16.3. The molecule has 2 aliphatic rings. The third kappa shape index (κ3) is 5.62. The number of carboxylic acid groups (broad SMARTS) is 1. The fourth-order valence-corrected chi connectivity index (χ4v) is 8.32. The zero-order valence-electron chi connectivity index (χ0n) is 23.1. The van der Waals surface area contributed by atoms with E-state index in [9.17, 15) is 29.1 Å². The summed E-state index contributed by atoms with van der Waals surface area (Å²) < 4.78 is 1.71. The molecule has 4 heterocycles. The Morgan fingerprint density at radius 3 is 2.66 bits per heavy atom. The molecule has 0 radical (unpaired) electrons. The molecule has 13 nitrogen and oxygen atoms in total. The maximum Gasteiger partial charge on any atom is 0.352 e. The number of benzene rings is 2. The van der Waals surface area contributed by atoms with Crippen molar-refractivity contribution in [3.63, 3.8) is 0 Å². The van der Waals surface area contributed by atoms with Gasteiger partial charge in [0.1, 0.15) is 22.1 Å². The lowest BCUT2D eigenvalue weighted by molar-refractivity contribution is -0.150. The first-order chi connectivity index (χ1) is 21.2. The standard InChI is InChI=1S/C28H25N7O6S3/c1-2-20-32-33-28(44-20)43-13-15-12-42-24-21(23(37)35(24)22(15)25(38)39)31-19(36)11-14-7-3-4-8-16(14)29-26(40)34-18-10-6-5-9-17(18)30-27(34)41/h3-10,21,24H,2,11-13H2,1H3,(H,29,40)(H,30,41)(H,31,36)(H,38,39)/t21?,24-/m1/s1. The fraction of sp³-hybridized carbons (Fsp3) is 0.250. The molecule has 0 aliphatic carbocycles. The van der Waals surface area contributed by atoms with Gasteiger partial charge in [0.15, 0.2) is 4.34 Å². The Bertz CT molecular complexity index is 1900.